The van der Waals surface area contributed by atoms with Gasteiger partial charge in [0, 0.05) is 5.69 Å². The van der Waals surface area contributed by atoms with E-state index in [4.69, 9.17) is 11.6 Å². The van der Waals surface area contributed by atoms with Gasteiger partial charge in [0.2, 0.25) is 0 Å². The Bertz CT molecular complexity index is 962. The average Bonchev–Trinajstić information content (AvgIpc) is 2.70. The largest absolute Gasteiger partial charge is 0.465 e. The van der Waals surface area contributed by atoms with Crippen molar-refractivity contribution in [2.24, 2.45) is 0 Å². The number of nitrogens with zero attached hydrogens (tertiary/aromatic N) is 2. The number of esters is 1. The van der Waals surface area contributed by atoms with E-state index in [1.165, 1.54) is 31.4 Å². The van der Waals surface area contributed by atoms with E-state index in [0.717, 1.165) is 5.69 Å². The highest BCUT2D eigenvalue weighted by Gasteiger charge is 2.14. The number of halogens is 1. The summed E-state index contributed by atoms with van der Waals surface area (Å²) in [6.07, 6.45) is 0. The Morgan fingerprint density at radius 2 is 1.78 bits per heavy atom. The molecule has 136 valence electrons. The minimum absolute atomic E-state index is 0.105. The molecule has 2 N–H and O–H groups in total. The van der Waals surface area contributed by atoms with Crippen LogP contribution in [-0.2, 0) is 4.74 Å². The van der Waals surface area contributed by atoms with Gasteiger partial charge in [0.05, 0.1) is 23.4 Å². The molecule has 3 aromatic rings. The number of methoxy groups -OCH3 is 1. The zero-order chi connectivity index (χ0) is 19.2. The number of ether oxygens (including phenoxy) is 1. The third-order valence-corrected chi connectivity index (χ3v) is 3.91. The van der Waals surface area contributed by atoms with Crippen LogP contribution in [-0.4, -0.2) is 29.2 Å². The van der Waals surface area contributed by atoms with Gasteiger partial charge in [-0.15, -0.1) is 10.2 Å². The summed E-state index contributed by atoms with van der Waals surface area (Å²) in [7, 11) is 1.27. The van der Waals surface area contributed by atoms with Crippen molar-refractivity contribution in [3.63, 3.8) is 0 Å². The predicted molar refractivity (Wildman–Crippen MR) is 103 cm³/mol. The molecule has 7 nitrogen and oxygen atoms in total. The number of carbonyl (C=O) groups excluding carboxylic acids is 2. The number of aromatic nitrogens is 2. The molecule has 0 spiro atoms. The van der Waals surface area contributed by atoms with Crippen molar-refractivity contribution in [1.82, 2.24) is 10.2 Å². The Labute approximate surface area is 160 Å². The van der Waals surface area contributed by atoms with Crippen LogP contribution in [0.5, 0.6) is 0 Å². The minimum atomic E-state index is -0.529. The van der Waals surface area contributed by atoms with Gasteiger partial charge < -0.3 is 15.4 Å². The zero-order valence-electron chi connectivity index (χ0n) is 14.3. The van der Waals surface area contributed by atoms with E-state index in [1.807, 2.05) is 30.3 Å². The summed E-state index contributed by atoms with van der Waals surface area (Å²) >= 11 is 6.08. The molecule has 0 saturated heterocycles. The molecule has 0 unspecified atom stereocenters. The molecule has 1 heterocycles. The Balaban J connectivity index is 1.72. The van der Waals surface area contributed by atoms with Crippen molar-refractivity contribution >= 4 is 40.7 Å². The highest BCUT2D eigenvalue weighted by Crippen LogP contribution is 2.24. The molecule has 0 fully saturated rings. The van der Waals surface area contributed by atoms with Crippen molar-refractivity contribution in [2.75, 3.05) is 17.7 Å². The van der Waals surface area contributed by atoms with Crippen molar-refractivity contribution in [3.8, 4) is 0 Å². The quantitative estimate of drug-likeness (QED) is 0.650. The van der Waals surface area contributed by atoms with Crippen LogP contribution in [0.1, 0.15) is 20.8 Å². The maximum absolute atomic E-state index is 12.4. The van der Waals surface area contributed by atoms with Crippen molar-refractivity contribution in [1.29, 1.82) is 0 Å². The molecule has 0 aliphatic heterocycles. The fraction of sp³-hybridized carbons (Fsp3) is 0.0526. The number of nitrogens with one attached hydrogen (secondary N) is 2. The highest BCUT2D eigenvalue weighted by molar-refractivity contribution is 6.34. The lowest BCUT2D eigenvalue weighted by molar-refractivity contribution is 0.0600. The van der Waals surface area contributed by atoms with Gasteiger partial charge in [-0.25, -0.2) is 4.79 Å². The summed E-state index contributed by atoms with van der Waals surface area (Å²) in [5.41, 5.74) is 1.51. The number of benzene rings is 2. The lowest BCUT2D eigenvalue weighted by Crippen LogP contribution is -2.15. The standard InChI is InChI=1S/C19H15ClN4O3/c1-27-19(26)12-7-8-14(20)16(11-12)22-18(25)15-9-10-17(24-23-15)21-13-5-3-2-4-6-13/h2-11H,1H3,(H,21,24)(H,22,25). The first kappa shape index (κ1) is 18.3. The van der Waals surface area contributed by atoms with Crippen LogP contribution in [0.4, 0.5) is 17.2 Å². The monoisotopic (exact) mass is 382 g/mol. The maximum atomic E-state index is 12.4. The first-order valence-corrected chi connectivity index (χ1v) is 8.29. The molecule has 0 atom stereocenters. The second kappa shape index (κ2) is 8.29. The number of amides is 1. The zero-order valence-corrected chi connectivity index (χ0v) is 15.0. The van der Waals surface area contributed by atoms with Gasteiger partial charge in [-0.1, -0.05) is 29.8 Å². The van der Waals surface area contributed by atoms with Crippen LogP contribution in [0.3, 0.4) is 0 Å². The first-order chi connectivity index (χ1) is 13.1. The molecule has 0 saturated carbocycles. The van der Waals surface area contributed by atoms with Gasteiger partial charge in [0.1, 0.15) is 0 Å². The molecule has 0 aliphatic rings. The van der Waals surface area contributed by atoms with E-state index in [-0.39, 0.29) is 22.0 Å². The smallest absolute Gasteiger partial charge is 0.337 e. The number of carbonyl (C=O) groups is 2. The van der Waals surface area contributed by atoms with Crippen LogP contribution >= 0.6 is 11.6 Å². The van der Waals surface area contributed by atoms with Crippen LogP contribution in [0, 0.1) is 0 Å². The van der Waals surface area contributed by atoms with E-state index in [2.05, 4.69) is 25.6 Å². The van der Waals surface area contributed by atoms with Gasteiger partial charge in [-0.2, -0.15) is 0 Å². The van der Waals surface area contributed by atoms with Crippen LogP contribution in [0.2, 0.25) is 5.02 Å². The minimum Gasteiger partial charge on any atom is -0.465 e. The van der Waals surface area contributed by atoms with Gasteiger partial charge in [0.25, 0.3) is 5.91 Å². The second-order valence-corrected chi connectivity index (χ2v) is 5.84. The van der Waals surface area contributed by atoms with E-state index >= 15 is 0 Å². The number of rotatable bonds is 5. The molecule has 0 bridgehead atoms. The molecule has 0 aliphatic carbocycles. The Kier molecular flexibility index (Phi) is 5.63. The number of hydrogen-bond donors (Lipinski definition) is 2. The Hall–Kier alpha value is -3.45. The molecule has 8 heteroatoms. The molecular formula is C19H15ClN4O3. The van der Waals surface area contributed by atoms with E-state index in [1.54, 1.807) is 6.07 Å². The van der Waals surface area contributed by atoms with Crippen LogP contribution < -0.4 is 10.6 Å². The number of anilines is 3. The number of hydrogen-bond acceptors (Lipinski definition) is 6. The summed E-state index contributed by atoms with van der Waals surface area (Å²) in [6.45, 7) is 0. The van der Waals surface area contributed by atoms with Gasteiger partial charge in [-0.05, 0) is 42.5 Å². The fourth-order valence-corrected chi connectivity index (χ4v) is 2.41. The Morgan fingerprint density at radius 3 is 2.44 bits per heavy atom. The highest BCUT2D eigenvalue weighted by atomic mass is 35.5. The molecule has 2 aromatic carbocycles. The molecule has 1 aromatic heterocycles. The van der Waals surface area contributed by atoms with Gasteiger partial charge in [-0.3, -0.25) is 4.79 Å². The lowest BCUT2D eigenvalue weighted by Gasteiger charge is -2.09. The summed E-state index contributed by atoms with van der Waals surface area (Å²) in [4.78, 5) is 24.0. The van der Waals surface area contributed by atoms with Gasteiger partial charge in [0.15, 0.2) is 11.5 Å². The summed E-state index contributed by atoms with van der Waals surface area (Å²) in [6, 6.07) is 17.1. The molecule has 27 heavy (non-hydrogen) atoms. The van der Waals surface area contributed by atoms with Crippen molar-refractivity contribution in [3.05, 3.63) is 76.9 Å². The number of para-hydroxylation sites is 1. The normalized spacial score (nSPS) is 10.1. The average molecular weight is 383 g/mol. The second-order valence-electron chi connectivity index (χ2n) is 5.44. The summed E-state index contributed by atoms with van der Waals surface area (Å²) < 4.78 is 4.66. The molecule has 0 radical (unpaired) electrons. The molecule has 3 rings (SSSR count). The SMILES string of the molecule is COC(=O)c1ccc(Cl)c(NC(=O)c2ccc(Nc3ccccc3)nn2)c1. The molecular weight excluding hydrogens is 368 g/mol. The topological polar surface area (TPSA) is 93.2 Å². The predicted octanol–water partition coefficient (Wildman–Crippen LogP) is 3.91. The molecule has 1 amide bonds. The van der Waals surface area contributed by atoms with Gasteiger partial charge >= 0.3 is 5.97 Å². The third-order valence-electron chi connectivity index (χ3n) is 3.58. The Morgan fingerprint density at radius 1 is 1.00 bits per heavy atom. The van der Waals surface area contributed by atoms with E-state index < -0.39 is 11.9 Å². The van der Waals surface area contributed by atoms with Crippen molar-refractivity contribution < 1.29 is 14.3 Å². The summed E-state index contributed by atoms with van der Waals surface area (Å²) in [5, 5.41) is 13.9. The lowest BCUT2D eigenvalue weighted by atomic mass is 10.2. The van der Waals surface area contributed by atoms with Crippen LogP contribution in [0.25, 0.3) is 0 Å². The fourth-order valence-electron chi connectivity index (χ4n) is 2.24. The van der Waals surface area contributed by atoms with E-state index in [0.29, 0.717) is 5.82 Å². The maximum Gasteiger partial charge on any atom is 0.337 e. The summed E-state index contributed by atoms with van der Waals surface area (Å²) in [5.74, 6) is -0.528. The van der Waals surface area contributed by atoms with Crippen molar-refractivity contribution in [2.45, 2.75) is 0 Å². The van der Waals surface area contributed by atoms with E-state index in [9.17, 15) is 9.59 Å². The third kappa shape index (κ3) is 4.59. The van der Waals surface area contributed by atoms with Crippen LogP contribution in [0.15, 0.2) is 60.7 Å². The first-order valence-electron chi connectivity index (χ1n) is 7.92.